The molecule has 1 rings (SSSR count). The van der Waals surface area contributed by atoms with Crippen LogP contribution >= 0.6 is 11.6 Å². The molecule has 0 fully saturated rings. The van der Waals surface area contributed by atoms with Gasteiger partial charge in [-0.3, -0.25) is 5.48 Å². The molecule has 0 aliphatic carbocycles. The molecule has 0 aromatic heterocycles. The average molecular weight is 244 g/mol. The lowest BCUT2D eigenvalue weighted by molar-refractivity contribution is -0.305. The van der Waals surface area contributed by atoms with Crippen LogP contribution in [0.15, 0.2) is 30.3 Å². The van der Waals surface area contributed by atoms with Crippen LogP contribution < -0.4 is 5.48 Å². The van der Waals surface area contributed by atoms with Crippen LogP contribution in [0.3, 0.4) is 0 Å². The topological polar surface area (TPSA) is 21.3 Å². The van der Waals surface area contributed by atoms with Crippen molar-refractivity contribution in [1.29, 1.82) is 0 Å². The van der Waals surface area contributed by atoms with Crippen molar-refractivity contribution in [2.24, 2.45) is 0 Å². The first-order valence-electron chi connectivity index (χ1n) is 3.76. The Morgan fingerprint density at radius 2 is 1.60 bits per heavy atom. The molecule has 0 aliphatic heterocycles. The Kier molecular flexibility index (Phi) is 3.41. The molecule has 2 nitrogen and oxygen atoms in total. The molecule has 0 aliphatic rings. The highest BCUT2D eigenvalue weighted by Crippen LogP contribution is 2.38. The average Bonchev–Trinajstić information content (AvgIpc) is 2.15. The van der Waals surface area contributed by atoms with Gasteiger partial charge in [0.05, 0.1) is 5.69 Å². The molecule has 0 saturated carbocycles. The molecule has 1 aromatic rings. The fourth-order valence-corrected chi connectivity index (χ4v) is 0.726. The second kappa shape index (κ2) is 4.24. The van der Waals surface area contributed by atoms with Gasteiger partial charge in [0.2, 0.25) is 0 Å². The fourth-order valence-electron chi connectivity index (χ4n) is 0.687. The van der Waals surface area contributed by atoms with Crippen LogP contribution in [-0.4, -0.2) is 11.5 Å². The Labute approximate surface area is 87.7 Å². The van der Waals surface area contributed by atoms with E-state index in [2.05, 4.69) is 16.4 Å². The van der Waals surface area contributed by atoms with E-state index in [9.17, 15) is 17.6 Å². The van der Waals surface area contributed by atoms with Crippen LogP contribution in [0.2, 0.25) is 0 Å². The molecule has 0 radical (unpaired) electrons. The van der Waals surface area contributed by atoms with Crippen molar-refractivity contribution in [3.63, 3.8) is 0 Å². The van der Waals surface area contributed by atoms with Crippen LogP contribution in [0.25, 0.3) is 0 Å². The summed E-state index contributed by atoms with van der Waals surface area (Å²) in [5, 5.41) is -4.77. The van der Waals surface area contributed by atoms with Crippen LogP contribution in [0.1, 0.15) is 0 Å². The maximum atomic E-state index is 12.4. The quantitative estimate of drug-likeness (QED) is 0.497. The third-order valence-electron chi connectivity index (χ3n) is 1.40. The first-order chi connectivity index (χ1) is 6.83. The van der Waals surface area contributed by atoms with Crippen LogP contribution in [-0.2, 0) is 4.84 Å². The van der Waals surface area contributed by atoms with Crippen molar-refractivity contribution in [1.82, 2.24) is 0 Å². The highest BCUT2D eigenvalue weighted by atomic mass is 35.5. The molecule has 7 heteroatoms. The van der Waals surface area contributed by atoms with Crippen molar-refractivity contribution < 1.29 is 22.4 Å². The smallest absolute Gasteiger partial charge is 0.261 e. The van der Waals surface area contributed by atoms with Crippen molar-refractivity contribution in [3.8, 4) is 0 Å². The van der Waals surface area contributed by atoms with E-state index < -0.39 is 11.5 Å². The van der Waals surface area contributed by atoms with Gasteiger partial charge in [-0.25, -0.2) is 0 Å². The lowest BCUT2D eigenvalue weighted by atomic mass is 10.3. The highest BCUT2D eigenvalue weighted by Gasteiger charge is 2.57. The van der Waals surface area contributed by atoms with E-state index in [1.54, 1.807) is 11.5 Å². The summed E-state index contributed by atoms with van der Waals surface area (Å²) < 4.78 is 49.0. The van der Waals surface area contributed by atoms with Gasteiger partial charge in [-0.2, -0.15) is 22.4 Å². The second-order valence-corrected chi connectivity index (χ2v) is 3.06. The van der Waals surface area contributed by atoms with Crippen molar-refractivity contribution in [2.45, 2.75) is 11.5 Å². The maximum absolute atomic E-state index is 12.4. The second-order valence-electron chi connectivity index (χ2n) is 2.58. The van der Waals surface area contributed by atoms with E-state index in [1.807, 2.05) is 0 Å². The zero-order valence-corrected chi connectivity index (χ0v) is 7.94. The van der Waals surface area contributed by atoms with Crippen molar-refractivity contribution in [2.75, 3.05) is 5.48 Å². The number of anilines is 1. The Morgan fingerprint density at radius 1 is 1.07 bits per heavy atom. The number of nitrogens with one attached hydrogen (secondary N) is 1. The molecule has 84 valence electrons. The van der Waals surface area contributed by atoms with E-state index in [0.717, 1.165) is 0 Å². The molecule has 0 heterocycles. The molecule has 0 spiro atoms. The molecular formula is C8H6ClF4NO. The summed E-state index contributed by atoms with van der Waals surface area (Å²) in [6.45, 7) is 0. The Hall–Kier alpha value is -1.01. The number of rotatable bonds is 4. The van der Waals surface area contributed by atoms with Crippen LogP contribution in [0, 0.1) is 0 Å². The Morgan fingerprint density at radius 3 is 2.07 bits per heavy atom. The van der Waals surface area contributed by atoms with E-state index in [1.165, 1.54) is 24.3 Å². The number of halogens is 5. The van der Waals surface area contributed by atoms with E-state index >= 15 is 0 Å². The molecule has 0 saturated heterocycles. The van der Waals surface area contributed by atoms with Crippen LogP contribution in [0.4, 0.5) is 23.2 Å². The summed E-state index contributed by atoms with van der Waals surface area (Å²) >= 11 is 4.14. The summed E-state index contributed by atoms with van der Waals surface area (Å²) in [4.78, 5) is 3.51. The zero-order chi connectivity index (χ0) is 11.5. The van der Waals surface area contributed by atoms with Gasteiger partial charge in [-0.1, -0.05) is 18.2 Å². The molecule has 1 aromatic carbocycles. The van der Waals surface area contributed by atoms with Gasteiger partial charge >= 0.3 is 11.5 Å². The number of hydrogen-bond donors (Lipinski definition) is 1. The molecule has 0 unspecified atom stereocenters. The molecule has 0 amide bonds. The van der Waals surface area contributed by atoms with Gasteiger partial charge in [-0.05, 0) is 23.7 Å². The van der Waals surface area contributed by atoms with E-state index in [0.29, 0.717) is 0 Å². The van der Waals surface area contributed by atoms with Gasteiger partial charge in [0.15, 0.2) is 0 Å². The SMILES string of the molecule is FC(F)(Cl)C(F)(F)ONc1ccccc1. The Balaban J connectivity index is 2.58. The standard InChI is InChI=1S/C8H6ClF4NO/c9-7(10,11)8(12,13)15-14-6-4-2-1-3-5-6/h1-5,14H. The normalized spacial score (nSPS) is 12.6. The zero-order valence-electron chi connectivity index (χ0n) is 7.18. The number of hydrogen-bond acceptors (Lipinski definition) is 2. The fraction of sp³-hybridized carbons (Fsp3) is 0.250. The summed E-state index contributed by atoms with van der Waals surface area (Å²) in [5.74, 6) is 0. The first kappa shape index (κ1) is 12.1. The Bertz CT molecular complexity index is 314. The monoisotopic (exact) mass is 243 g/mol. The highest BCUT2D eigenvalue weighted by molar-refractivity contribution is 6.22. The van der Waals surface area contributed by atoms with Crippen LogP contribution in [0.5, 0.6) is 0 Å². The van der Waals surface area contributed by atoms with Crippen molar-refractivity contribution >= 4 is 17.3 Å². The third kappa shape index (κ3) is 3.24. The number of alkyl halides is 5. The number of benzene rings is 1. The predicted octanol–water partition coefficient (Wildman–Crippen LogP) is 3.45. The van der Waals surface area contributed by atoms with Gasteiger partial charge in [0.25, 0.3) is 0 Å². The molecule has 0 atom stereocenters. The van der Waals surface area contributed by atoms with Crippen molar-refractivity contribution in [3.05, 3.63) is 30.3 Å². The van der Waals surface area contributed by atoms with Gasteiger partial charge in [-0.15, -0.1) is 0 Å². The minimum atomic E-state index is -4.79. The number of para-hydroxylation sites is 1. The molecular weight excluding hydrogens is 238 g/mol. The summed E-state index contributed by atoms with van der Waals surface area (Å²) in [6, 6.07) is 7.38. The predicted molar refractivity (Wildman–Crippen MR) is 46.9 cm³/mol. The summed E-state index contributed by atoms with van der Waals surface area (Å²) in [5.41, 5.74) is 1.79. The molecule has 1 N–H and O–H groups in total. The maximum Gasteiger partial charge on any atom is 0.455 e. The minimum Gasteiger partial charge on any atom is -0.261 e. The minimum absolute atomic E-state index is 0.109. The summed E-state index contributed by atoms with van der Waals surface area (Å²) in [7, 11) is 0. The largest absolute Gasteiger partial charge is 0.455 e. The van der Waals surface area contributed by atoms with E-state index in [4.69, 9.17) is 0 Å². The lowest BCUT2D eigenvalue weighted by Crippen LogP contribution is -2.39. The van der Waals surface area contributed by atoms with Gasteiger partial charge in [0, 0.05) is 0 Å². The first-order valence-corrected chi connectivity index (χ1v) is 4.14. The summed E-state index contributed by atoms with van der Waals surface area (Å²) in [6.07, 6.45) is -4.79. The molecule has 15 heavy (non-hydrogen) atoms. The van der Waals surface area contributed by atoms with E-state index in [-0.39, 0.29) is 5.69 Å². The third-order valence-corrected chi connectivity index (χ3v) is 1.62. The van der Waals surface area contributed by atoms with Gasteiger partial charge in [0.1, 0.15) is 0 Å². The lowest BCUT2D eigenvalue weighted by Gasteiger charge is -2.20. The van der Waals surface area contributed by atoms with Gasteiger partial charge < -0.3 is 0 Å². The molecule has 0 bridgehead atoms.